The van der Waals surface area contributed by atoms with Crippen LogP contribution in [0, 0.1) is 23.2 Å². The first-order chi connectivity index (χ1) is 9.66. The van der Waals surface area contributed by atoms with Crippen LogP contribution in [-0.4, -0.2) is 8.07 Å². The molecular formula is C21H48Si. The van der Waals surface area contributed by atoms with E-state index >= 15 is 0 Å². The van der Waals surface area contributed by atoms with E-state index in [1.54, 1.807) is 0 Å². The summed E-state index contributed by atoms with van der Waals surface area (Å²) in [6, 6.07) is 0. The third kappa shape index (κ3) is 5.69. The summed E-state index contributed by atoms with van der Waals surface area (Å²) in [7, 11) is -0.981. The Balaban J connectivity index is 0. The smallest absolute Gasteiger partial charge is 0.0581 e. The molecule has 0 atom stereocenters. The van der Waals surface area contributed by atoms with Crippen LogP contribution in [-0.2, 0) is 0 Å². The Bertz CT molecular complexity index is 211. The Kier molecular flexibility index (Phi) is 10.6. The number of hydrogen-bond donors (Lipinski definition) is 0. The van der Waals surface area contributed by atoms with Gasteiger partial charge in [-0.05, 0) is 23.2 Å². The molecule has 0 aliphatic carbocycles. The maximum Gasteiger partial charge on any atom is 0.0581 e. The molecule has 0 bridgehead atoms. The van der Waals surface area contributed by atoms with Crippen molar-refractivity contribution >= 4 is 8.07 Å². The van der Waals surface area contributed by atoms with Gasteiger partial charge in [0.1, 0.15) is 0 Å². The molecule has 0 rings (SSSR count). The number of hydrogen-bond acceptors (Lipinski definition) is 0. The Morgan fingerprint density at radius 1 is 0.500 bits per heavy atom. The predicted octanol–water partition coefficient (Wildman–Crippen LogP) is 8.26. The molecule has 1 heteroatoms. The second-order valence-corrected chi connectivity index (χ2v) is 15.9. The van der Waals surface area contributed by atoms with E-state index in [0.29, 0.717) is 5.41 Å². The summed E-state index contributed by atoms with van der Waals surface area (Å²) in [5.41, 5.74) is 3.26. The van der Waals surface area contributed by atoms with E-state index in [4.69, 9.17) is 0 Å². The van der Waals surface area contributed by atoms with Gasteiger partial charge in [-0.1, -0.05) is 113 Å². The van der Waals surface area contributed by atoms with Gasteiger partial charge >= 0.3 is 0 Å². The van der Waals surface area contributed by atoms with Gasteiger partial charge in [-0.15, -0.1) is 0 Å². The maximum atomic E-state index is 2.55. The van der Waals surface area contributed by atoms with Crippen LogP contribution < -0.4 is 0 Å². The molecule has 0 aromatic carbocycles. The number of rotatable bonds is 6. The Hall–Kier alpha value is 0.217. The average molecular weight is 329 g/mol. The van der Waals surface area contributed by atoms with E-state index in [1.165, 1.54) is 0 Å². The minimum atomic E-state index is -0.981. The zero-order valence-corrected chi connectivity index (χ0v) is 19.5. The van der Waals surface area contributed by atoms with E-state index in [1.807, 2.05) is 0 Å². The molecule has 0 aliphatic heterocycles. The van der Waals surface area contributed by atoms with Crippen molar-refractivity contribution in [3.8, 4) is 0 Å². The van der Waals surface area contributed by atoms with Crippen LogP contribution in [0.4, 0.5) is 0 Å². The molecule has 0 aliphatic rings. The summed E-state index contributed by atoms with van der Waals surface area (Å²) in [5.74, 6) is 2.34. The van der Waals surface area contributed by atoms with Crippen molar-refractivity contribution in [1.82, 2.24) is 0 Å². The van der Waals surface area contributed by atoms with Crippen LogP contribution >= 0.6 is 0 Å². The SMILES string of the molecule is CC(C)C(C)(C(C)C)C(C)C.CC(C)[Si](C)(C(C)C)C(C)C. The molecule has 0 spiro atoms. The van der Waals surface area contributed by atoms with Crippen molar-refractivity contribution in [1.29, 1.82) is 0 Å². The lowest BCUT2D eigenvalue weighted by atomic mass is 9.64. The predicted molar refractivity (Wildman–Crippen MR) is 110 cm³/mol. The minimum absolute atomic E-state index is 0.500. The molecule has 0 N–H and O–H groups in total. The molecule has 0 unspecified atom stereocenters. The standard InChI is InChI=1S/C11H24.C10H24Si/c2*1-8(2)11(7,9(3)4)10(5)6/h2*8-10H,1-7H3. The van der Waals surface area contributed by atoms with Gasteiger partial charge in [-0.2, -0.15) is 0 Å². The fourth-order valence-corrected chi connectivity index (χ4v) is 8.00. The monoisotopic (exact) mass is 328 g/mol. The molecule has 0 fully saturated rings. The third-order valence-corrected chi connectivity index (χ3v) is 14.9. The molecule has 136 valence electrons. The average Bonchev–Trinajstić information content (AvgIpc) is 2.35. The molecule has 0 amide bonds. The highest BCUT2D eigenvalue weighted by molar-refractivity contribution is 6.82. The van der Waals surface area contributed by atoms with E-state index in [0.717, 1.165) is 34.4 Å². The fourth-order valence-electron chi connectivity index (χ4n) is 4.00. The largest absolute Gasteiger partial charge is 0.0686 e. The zero-order valence-electron chi connectivity index (χ0n) is 18.5. The first-order valence-electron chi connectivity index (χ1n) is 9.66. The molecule has 0 radical (unpaired) electrons. The summed E-state index contributed by atoms with van der Waals surface area (Å²) in [6.07, 6.45) is 0. The first-order valence-corrected chi connectivity index (χ1v) is 12.4. The Morgan fingerprint density at radius 2 is 0.682 bits per heavy atom. The van der Waals surface area contributed by atoms with E-state index < -0.39 is 8.07 Å². The highest BCUT2D eigenvalue weighted by Crippen LogP contribution is 2.42. The van der Waals surface area contributed by atoms with Crippen molar-refractivity contribution in [3.63, 3.8) is 0 Å². The molecule has 0 aromatic heterocycles. The first kappa shape index (κ1) is 24.5. The van der Waals surface area contributed by atoms with Crippen molar-refractivity contribution in [2.75, 3.05) is 0 Å². The maximum absolute atomic E-state index is 2.55. The van der Waals surface area contributed by atoms with Gasteiger partial charge in [0.05, 0.1) is 8.07 Å². The van der Waals surface area contributed by atoms with Gasteiger partial charge in [0.2, 0.25) is 0 Å². The topological polar surface area (TPSA) is 0 Å². The van der Waals surface area contributed by atoms with Crippen molar-refractivity contribution < 1.29 is 0 Å². The quantitative estimate of drug-likeness (QED) is 0.430. The van der Waals surface area contributed by atoms with E-state index in [-0.39, 0.29) is 0 Å². The lowest BCUT2D eigenvalue weighted by Gasteiger charge is -2.41. The van der Waals surface area contributed by atoms with E-state index in [9.17, 15) is 0 Å². The van der Waals surface area contributed by atoms with Gasteiger partial charge in [0.25, 0.3) is 0 Å². The van der Waals surface area contributed by atoms with Crippen LogP contribution in [0.25, 0.3) is 0 Å². The second kappa shape index (κ2) is 9.50. The summed E-state index contributed by atoms with van der Waals surface area (Å²) in [6.45, 7) is 33.3. The fraction of sp³-hybridized carbons (Fsp3) is 1.00. The molecule has 22 heavy (non-hydrogen) atoms. The molecule has 0 heterocycles. The minimum Gasteiger partial charge on any atom is -0.0686 e. The zero-order chi connectivity index (χ0) is 18.5. The molecule has 0 saturated heterocycles. The van der Waals surface area contributed by atoms with Gasteiger partial charge in [0, 0.05) is 0 Å². The molecule has 0 nitrogen and oxygen atoms in total. The third-order valence-electron chi connectivity index (χ3n) is 7.46. The molecule has 0 aromatic rings. The molecular weight excluding hydrogens is 280 g/mol. The summed E-state index contributed by atoms with van der Waals surface area (Å²) >= 11 is 0. The lowest BCUT2D eigenvalue weighted by molar-refractivity contribution is 0.0732. The summed E-state index contributed by atoms with van der Waals surface area (Å²) in [4.78, 5) is 0. The van der Waals surface area contributed by atoms with Gasteiger partial charge < -0.3 is 0 Å². The van der Waals surface area contributed by atoms with Crippen molar-refractivity contribution in [2.45, 2.75) is 113 Å². The highest BCUT2D eigenvalue weighted by Gasteiger charge is 2.37. The van der Waals surface area contributed by atoms with Crippen LogP contribution in [0.3, 0.4) is 0 Å². The van der Waals surface area contributed by atoms with E-state index in [2.05, 4.69) is 96.6 Å². The second-order valence-electron chi connectivity index (χ2n) is 9.66. The van der Waals surface area contributed by atoms with Crippen molar-refractivity contribution in [2.24, 2.45) is 23.2 Å². The highest BCUT2D eigenvalue weighted by atomic mass is 28.3. The summed E-state index contributed by atoms with van der Waals surface area (Å²) in [5, 5.41) is 0. The Labute approximate surface area is 144 Å². The van der Waals surface area contributed by atoms with Crippen LogP contribution in [0.1, 0.15) is 90.0 Å². The summed E-state index contributed by atoms with van der Waals surface area (Å²) < 4.78 is 0. The van der Waals surface area contributed by atoms with Crippen LogP contribution in [0.5, 0.6) is 0 Å². The van der Waals surface area contributed by atoms with Crippen LogP contribution in [0.2, 0.25) is 23.2 Å². The molecule has 0 saturated carbocycles. The normalized spacial score (nSPS) is 13.6. The lowest BCUT2D eigenvalue weighted by Crippen LogP contribution is -2.40. The van der Waals surface area contributed by atoms with Crippen LogP contribution in [0.15, 0.2) is 0 Å². The van der Waals surface area contributed by atoms with Gasteiger partial charge in [-0.3, -0.25) is 0 Å². The van der Waals surface area contributed by atoms with Crippen molar-refractivity contribution in [3.05, 3.63) is 0 Å². The van der Waals surface area contributed by atoms with Gasteiger partial charge in [0.15, 0.2) is 0 Å². The Morgan fingerprint density at radius 3 is 0.682 bits per heavy atom. The van der Waals surface area contributed by atoms with Gasteiger partial charge in [-0.25, -0.2) is 0 Å².